The third kappa shape index (κ3) is 3.77. The molecule has 1 aliphatic carbocycles. The monoisotopic (exact) mass is 317 g/mol. The zero-order valence-corrected chi connectivity index (χ0v) is 13.0. The smallest absolute Gasteiger partial charge is 0.232 e. The maximum atomic E-state index is 12.4. The average Bonchev–Trinajstić information content (AvgIpc) is 2.56. The summed E-state index contributed by atoms with van der Waals surface area (Å²) in [4.78, 5) is 35.2. The van der Waals surface area contributed by atoms with Gasteiger partial charge in [-0.05, 0) is 26.0 Å². The minimum absolute atomic E-state index is 0.0397. The molecule has 0 amide bonds. The number of anilines is 1. The first-order valence-electron chi connectivity index (χ1n) is 7.27. The van der Waals surface area contributed by atoms with Gasteiger partial charge in [-0.2, -0.15) is 0 Å². The van der Waals surface area contributed by atoms with E-state index < -0.39 is 11.6 Å². The lowest BCUT2D eigenvalue weighted by molar-refractivity contribution is -0.339. The predicted molar refractivity (Wildman–Crippen MR) is 84.5 cm³/mol. The molecule has 23 heavy (non-hydrogen) atoms. The number of benzene rings is 1. The van der Waals surface area contributed by atoms with E-state index in [4.69, 9.17) is 15.4 Å². The Balaban J connectivity index is 2.26. The van der Waals surface area contributed by atoms with E-state index >= 15 is 0 Å². The number of para-hydroxylation sites is 1. The van der Waals surface area contributed by atoms with E-state index in [1.54, 1.807) is 38.1 Å². The Labute approximate surface area is 134 Å². The van der Waals surface area contributed by atoms with Crippen LogP contribution in [0.3, 0.4) is 0 Å². The van der Waals surface area contributed by atoms with E-state index in [1.807, 2.05) is 6.07 Å². The second kappa shape index (κ2) is 7.57. The number of hydrogen-bond acceptors (Lipinski definition) is 7. The van der Waals surface area contributed by atoms with Crippen LogP contribution < -0.4 is 11.1 Å². The summed E-state index contributed by atoms with van der Waals surface area (Å²) in [6.07, 6.45) is 1.15. The standard InChI is InChI=1S/C16H19N3O4/c1-3-22-19(23-4-2)12-10-13(20)15(14(17)16(12)21)18-11-8-6-5-7-9-11/h5-10,18H,3-4,17H2,1-2H3. The highest BCUT2D eigenvalue weighted by Gasteiger charge is 2.31. The van der Waals surface area contributed by atoms with Gasteiger partial charge in [-0.15, -0.1) is 5.23 Å². The molecule has 3 N–H and O–H groups in total. The van der Waals surface area contributed by atoms with Crippen LogP contribution in [-0.2, 0) is 19.3 Å². The fourth-order valence-corrected chi connectivity index (χ4v) is 1.99. The number of Topliss-reactive ketones (excluding diaryl/α,β-unsaturated/α-hetero) is 1. The SMILES string of the molecule is CCON(OCC)C1=CC(=O)C(Nc2ccccc2)=C(N)C1=O. The minimum Gasteiger partial charge on any atom is -0.394 e. The molecule has 1 aliphatic rings. The average molecular weight is 317 g/mol. The van der Waals surface area contributed by atoms with Crippen molar-refractivity contribution < 1.29 is 19.3 Å². The number of carbonyl (C=O) groups excluding carboxylic acids is 2. The number of rotatable bonds is 7. The summed E-state index contributed by atoms with van der Waals surface area (Å²) in [6, 6.07) is 8.99. The Morgan fingerprint density at radius 2 is 1.70 bits per heavy atom. The van der Waals surface area contributed by atoms with Gasteiger partial charge >= 0.3 is 0 Å². The molecule has 2 rings (SSSR count). The number of hydroxylamine groups is 2. The Morgan fingerprint density at radius 1 is 1.09 bits per heavy atom. The fourth-order valence-electron chi connectivity index (χ4n) is 1.99. The molecular weight excluding hydrogens is 298 g/mol. The van der Waals surface area contributed by atoms with Crippen molar-refractivity contribution >= 4 is 17.3 Å². The molecule has 0 bridgehead atoms. The maximum Gasteiger partial charge on any atom is 0.232 e. The molecular formula is C16H19N3O4. The number of nitrogens with two attached hydrogens (primary N) is 1. The Kier molecular flexibility index (Phi) is 5.51. The van der Waals surface area contributed by atoms with Crippen molar-refractivity contribution in [3.8, 4) is 0 Å². The minimum atomic E-state index is -0.537. The summed E-state index contributed by atoms with van der Waals surface area (Å²) in [6.45, 7) is 4.03. The Morgan fingerprint density at radius 3 is 2.26 bits per heavy atom. The van der Waals surface area contributed by atoms with Gasteiger partial charge in [0.2, 0.25) is 11.6 Å². The van der Waals surface area contributed by atoms with Crippen molar-refractivity contribution in [2.24, 2.45) is 5.73 Å². The van der Waals surface area contributed by atoms with E-state index in [0.29, 0.717) is 5.69 Å². The molecule has 7 nitrogen and oxygen atoms in total. The van der Waals surface area contributed by atoms with Gasteiger partial charge in [0.15, 0.2) is 0 Å². The Bertz CT molecular complexity index is 647. The summed E-state index contributed by atoms with van der Waals surface area (Å²) >= 11 is 0. The molecule has 1 aromatic carbocycles. The second-order valence-electron chi connectivity index (χ2n) is 4.60. The van der Waals surface area contributed by atoms with Gasteiger partial charge in [0.25, 0.3) is 0 Å². The normalized spacial score (nSPS) is 14.8. The quantitative estimate of drug-likeness (QED) is 0.581. The molecule has 0 saturated heterocycles. The third-order valence-electron chi connectivity index (χ3n) is 2.99. The molecule has 1 aromatic rings. The molecule has 0 heterocycles. The lowest BCUT2D eigenvalue weighted by atomic mass is 10.0. The number of ketones is 2. The predicted octanol–water partition coefficient (Wildman–Crippen LogP) is 1.51. The molecule has 122 valence electrons. The van der Waals surface area contributed by atoms with E-state index in [9.17, 15) is 9.59 Å². The van der Waals surface area contributed by atoms with Gasteiger partial charge in [0.05, 0.1) is 13.2 Å². The van der Waals surface area contributed by atoms with Crippen LogP contribution in [0.25, 0.3) is 0 Å². The number of carbonyl (C=O) groups is 2. The van der Waals surface area contributed by atoms with Gasteiger partial charge in [0.1, 0.15) is 17.1 Å². The number of nitrogens with one attached hydrogen (secondary N) is 1. The zero-order valence-electron chi connectivity index (χ0n) is 13.0. The third-order valence-corrected chi connectivity index (χ3v) is 2.99. The van der Waals surface area contributed by atoms with E-state index in [1.165, 1.54) is 0 Å². The molecule has 0 spiro atoms. The summed E-state index contributed by atoms with van der Waals surface area (Å²) in [5.41, 5.74) is 6.32. The molecule has 0 fully saturated rings. The highest BCUT2D eigenvalue weighted by molar-refractivity contribution is 6.22. The maximum absolute atomic E-state index is 12.4. The van der Waals surface area contributed by atoms with E-state index in [0.717, 1.165) is 11.3 Å². The molecule has 0 aromatic heterocycles. The number of hydrogen-bond donors (Lipinski definition) is 2. The van der Waals surface area contributed by atoms with Gasteiger partial charge in [-0.1, -0.05) is 18.2 Å². The summed E-state index contributed by atoms with van der Waals surface area (Å²) in [5, 5.41) is 3.81. The molecule has 0 aliphatic heterocycles. The largest absolute Gasteiger partial charge is 0.394 e. The molecule has 0 atom stereocenters. The van der Waals surface area contributed by atoms with Crippen LogP contribution in [0.15, 0.2) is 53.5 Å². The first kappa shape index (κ1) is 16.7. The van der Waals surface area contributed by atoms with Gasteiger partial charge in [-0.25, -0.2) is 9.68 Å². The van der Waals surface area contributed by atoms with Crippen molar-refractivity contribution in [1.82, 2.24) is 5.23 Å². The van der Waals surface area contributed by atoms with Crippen LogP contribution in [0, 0.1) is 0 Å². The zero-order chi connectivity index (χ0) is 16.8. The Hall–Kier alpha value is -2.64. The highest BCUT2D eigenvalue weighted by Crippen LogP contribution is 2.21. The van der Waals surface area contributed by atoms with E-state index in [-0.39, 0.29) is 30.3 Å². The molecule has 0 radical (unpaired) electrons. The van der Waals surface area contributed by atoms with Crippen molar-refractivity contribution in [3.05, 3.63) is 53.5 Å². The number of allylic oxidation sites excluding steroid dienone is 1. The summed E-state index contributed by atoms with van der Waals surface area (Å²) in [5.74, 6) is -0.963. The first-order valence-corrected chi connectivity index (χ1v) is 7.27. The van der Waals surface area contributed by atoms with Crippen LogP contribution in [0.4, 0.5) is 5.69 Å². The lowest BCUT2D eigenvalue weighted by Gasteiger charge is -2.25. The van der Waals surface area contributed by atoms with Crippen LogP contribution in [0.1, 0.15) is 13.8 Å². The van der Waals surface area contributed by atoms with Crippen LogP contribution >= 0.6 is 0 Å². The summed E-state index contributed by atoms with van der Waals surface area (Å²) in [7, 11) is 0. The number of nitrogens with zero attached hydrogens (tertiary/aromatic N) is 1. The van der Waals surface area contributed by atoms with Gasteiger partial charge in [-0.3, -0.25) is 9.59 Å². The fraction of sp³-hybridized carbons (Fsp3) is 0.250. The van der Waals surface area contributed by atoms with Crippen LogP contribution in [0.5, 0.6) is 0 Å². The van der Waals surface area contributed by atoms with E-state index in [2.05, 4.69) is 5.32 Å². The van der Waals surface area contributed by atoms with Crippen molar-refractivity contribution in [3.63, 3.8) is 0 Å². The summed E-state index contributed by atoms with van der Waals surface area (Å²) < 4.78 is 0. The van der Waals surface area contributed by atoms with Crippen molar-refractivity contribution in [2.45, 2.75) is 13.8 Å². The van der Waals surface area contributed by atoms with Gasteiger partial charge in [0, 0.05) is 11.8 Å². The second-order valence-corrected chi connectivity index (χ2v) is 4.60. The van der Waals surface area contributed by atoms with Crippen LogP contribution in [0.2, 0.25) is 0 Å². The van der Waals surface area contributed by atoms with Crippen molar-refractivity contribution in [1.29, 1.82) is 0 Å². The van der Waals surface area contributed by atoms with Crippen LogP contribution in [-0.4, -0.2) is 30.0 Å². The van der Waals surface area contributed by atoms with Crippen molar-refractivity contribution in [2.75, 3.05) is 18.5 Å². The topological polar surface area (TPSA) is 93.9 Å². The highest BCUT2D eigenvalue weighted by atomic mass is 16.9. The first-order chi connectivity index (χ1) is 11.1. The molecule has 0 saturated carbocycles. The van der Waals surface area contributed by atoms with Gasteiger partial charge < -0.3 is 11.1 Å². The lowest BCUT2D eigenvalue weighted by Crippen LogP contribution is -2.36. The molecule has 7 heteroatoms. The molecule has 0 unspecified atom stereocenters.